The molecule has 5 heteroatoms. The van der Waals surface area contributed by atoms with Gasteiger partial charge in [-0.05, 0) is 24.3 Å². The van der Waals surface area contributed by atoms with Crippen LogP contribution in [0.1, 0.15) is 5.69 Å². The van der Waals surface area contributed by atoms with Gasteiger partial charge in [0.25, 0.3) is 0 Å². The SMILES string of the molecule is ClC(Cl)(Cl)c1ccccn1.c1ccncc1. The van der Waals surface area contributed by atoms with Crippen molar-refractivity contribution in [2.45, 2.75) is 3.79 Å². The Hall–Kier alpha value is -0.830. The molecule has 0 radical (unpaired) electrons. The summed E-state index contributed by atoms with van der Waals surface area (Å²) in [5, 5.41) is 0. The molecule has 0 fully saturated rings. The lowest BCUT2D eigenvalue weighted by Gasteiger charge is -2.07. The fraction of sp³-hybridized carbons (Fsp3) is 0.0909. The Morgan fingerprint density at radius 3 is 1.69 bits per heavy atom. The molecule has 0 N–H and O–H groups in total. The molecule has 0 amide bonds. The van der Waals surface area contributed by atoms with Crippen LogP contribution in [0.3, 0.4) is 0 Å². The average Bonchev–Trinajstić information content (AvgIpc) is 2.32. The lowest BCUT2D eigenvalue weighted by Crippen LogP contribution is -2.01. The van der Waals surface area contributed by atoms with E-state index >= 15 is 0 Å². The van der Waals surface area contributed by atoms with E-state index in [9.17, 15) is 0 Å². The van der Waals surface area contributed by atoms with Crippen LogP contribution < -0.4 is 0 Å². The first-order valence-electron chi connectivity index (χ1n) is 4.44. The van der Waals surface area contributed by atoms with E-state index in [0.29, 0.717) is 5.69 Å². The molecule has 0 saturated heterocycles. The molecule has 2 rings (SSSR count). The van der Waals surface area contributed by atoms with Gasteiger partial charge in [0.15, 0.2) is 0 Å². The molecule has 2 aromatic heterocycles. The van der Waals surface area contributed by atoms with Gasteiger partial charge >= 0.3 is 0 Å². The van der Waals surface area contributed by atoms with Crippen molar-refractivity contribution in [3.63, 3.8) is 0 Å². The van der Waals surface area contributed by atoms with Gasteiger partial charge in [0.1, 0.15) is 0 Å². The summed E-state index contributed by atoms with van der Waals surface area (Å²) >= 11 is 16.6. The number of hydrogen-bond donors (Lipinski definition) is 0. The molecule has 0 bridgehead atoms. The third-order valence-electron chi connectivity index (χ3n) is 1.52. The molecule has 16 heavy (non-hydrogen) atoms. The zero-order chi connectivity index (χ0) is 11.9. The maximum Gasteiger partial charge on any atom is 0.232 e. The van der Waals surface area contributed by atoms with E-state index in [4.69, 9.17) is 34.8 Å². The smallest absolute Gasteiger partial charge is 0.232 e. The van der Waals surface area contributed by atoms with E-state index in [1.54, 1.807) is 36.8 Å². The van der Waals surface area contributed by atoms with Crippen molar-refractivity contribution in [3.8, 4) is 0 Å². The summed E-state index contributed by atoms with van der Waals surface area (Å²) in [6.07, 6.45) is 5.08. The Morgan fingerprint density at radius 1 is 0.812 bits per heavy atom. The van der Waals surface area contributed by atoms with E-state index in [-0.39, 0.29) is 0 Å². The molecule has 0 atom stereocenters. The molecule has 2 heterocycles. The molecule has 0 spiro atoms. The minimum atomic E-state index is -1.40. The van der Waals surface area contributed by atoms with Crippen LogP contribution in [0, 0.1) is 0 Å². The molecular weight excluding hydrogens is 266 g/mol. The maximum atomic E-state index is 5.53. The predicted octanol–water partition coefficient (Wildman–Crippen LogP) is 3.99. The van der Waals surface area contributed by atoms with Gasteiger partial charge in [-0.2, -0.15) is 0 Å². The largest absolute Gasteiger partial charge is 0.265 e. The summed E-state index contributed by atoms with van der Waals surface area (Å²) in [7, 11) is 0. The van der Waals surface area contributed by atoms with Crippen LogP contribution in [0.15, 0.2) is 55.0 Å². The fourth-order valence-corrected chi connectivity index (χ4v) is 1.18. The highest BCUT2D eigenvalue weighted by Gasteiger charge is 2.23. The molecule has 0 aromatic carbocycles. The van der Waals surface area contributed by atoms with Gasteiger partial charge < -0.3 is 0 Å². The van der Waals surface area contributed by atoms with E-state index in [2.05, 4.69) is 9.97 Å². The fourth-order valence-electron chi connectivity index (χ4n) is 0.843. The number of halogens is 3. The highest BCUT2D eigenvalue weighted by atomic mass is 35.6. The lowest BCUT2D eigenvalue weighted by molar-refractivity contribution is 1.09. The number of alkyl halides is 3. The second kappa shape index (κ2) is 6.69. The van der Waals surface area contributed by atoms with Gasteiger partial charge in [-0.1, -0.05) is 46.9 Å². The number of hydrogen-bond acceptors (Lipinski definition) is 2. The van der Waals surface area contributed by atoms with Gasteiger partial charge in [0, 0.05) is 18.6 Å². The van der Waals surface area contributed by atoms with E-state index < -0.39 is 3.79 Å². The van der Waals surface area contributed by atoms with E-state index in [1.807, 2.05) is 18.2 Å². The second-order valence-corrected chi connectivity index (χ2v) is 5.02. The number of nitrogens with zero attached hydrogens (tertiary/aromatic N) is 2. The van der Waals surface area contributed by atoms with Crippen molar-refractivity contribution in [2.75, 3.05) is 0 Å². The second-order valence-electron chi connectivity index (χ2n) is 2.74. The van der Waals surface area contributed by atoms with Gasteiger partial charge in [-0.3, -0.25) is 9.97 Å². The number of aromatic nitrogens is 2. The first-order valence-corrected chi connectivity index (χ1v) is 5.57. The zero-order valence-corrected chi connectivity index (χ0v) is 10.5. The van der Waals surface area contributed by atoms with Gasteiger partial charge in [-0.15, -0.1) is 0 Å². The van der Waals surface area contributed by atoms with E-state index in [1.165, 1.54) is 0 Å². The van der Waals surface area contributed by atoms with Gasteiger partial charge in [0.2, 0.25) is 3.79 Å². The topological polar surface area (TPSA) is 25.8 Å². The van der Waals surface area contributed by atoms with Crippen LogP contribution in [0.25, 0.3) is 0 Å². The van der Waals surface area contributed by atoms with Crippen molar-refractivity contribution in [2.24, 2.45) is 0 Å². The molecule has 2 nitrogen and oxygen atoms in total. The first-order chi connectivity index (χ1) is 7.61. The number of rotatable bonds is 0. The summed E-state index contributed by atoms with van der Waals surface area (Å²) in [6.45, 7) is 0. The minimum Gasteiger partial charge on any atom is -0.265 e. The third-order valence-corrected chi connectivity index (χ3v) is 2.10. The third kappa shape index (κ3) is 5.31. The van der Waals surface area contributed by atoms with Crippen molar-refractivity contribution in [1.29, 1.82) is 0 Å². The molecule has 0 saturated carbocycles. The summed E-state index contributed by atoms with van der Waals surface area (Å²) in [5.41, 5.74) is 0.444. The normalized spacial score (nSPS) is 10.2. The molecule has 0 unspecified atom stereocenters. The Kier molecular flexibility index (Phi) is 5.53. The lowest BCUT2D eigenvalue weighted by atomic mass is 10.4. The zero-order valence-electron chi connectivity index (χ0n) is 8.22. The quantitative estimate of drug-likeness (QED) is 0.679. The summed E-state index contributed by atoms with van der Waals surface area (Å²) in [4.78, 5) is 7.64. The van der Waals surface area contributed by atoms with Crippen LogP contribution in [-0.2, 0) is 3.79 Å². The van der Waals surface area contributed by atoms with Crippen LogP contribution in [0.5, 0.6) is 0 Å². The van der Waals surface area contributed by atoms with Crippen LogP contribution in [-0.4, -0.2) is 9.97 Å². The monoisotopic (exact) mass is 274 g/mol. The molecule has 84 valence electrons. The summed E-state index contributed by atoms with van der Waals surface area (Å²) in [5.74, 6) is 0. The van der Waals surface area contributed by atoms with E-state index in [0.717, 1.165) is 0 Å². The van der Waals surface area contributed by atoms with Crippen LogP contribution in [0.2, 0.25) is 0 Å². The van der Waals surface area contributed by atoms with Crippen molar-refractivity contribution in [1.82, 2.24) is 9.97 Å². The Labute approximate surface area is 109 Å². The Bertz CT molecular complexity index is 360. The predicted molar refractivity (Wildman–Crippen MR) is 67.7 cm³/mol. The van der Waals surface area contributed by atoms with Gasteiger partial charge in [0.05, 0.1) is 5.69 Å². The Morgan fingerprint density at radius 2 is 1.44 bits per heavy atom. The maximum absolute atomic E-state index is 5.53. The highest BCUT2D eigenvalue weighted by molar-refractivity contribution is 6.66. The Balaban J connectivity index is 0.000000181. The average molecular weight is 276 g/mol. The molecular formula is C11H9Cl3N2. The number of pyridine rings is 2. The minimum absolute atomic E-state index is 0.444. The van der Waals surface area contributed by atoms with Crippen molar-refractivity contribution >= 4 is 34.8 Å². The highest BCUT2D eigenvalue weighted by Crippen LogP contribution is 2.36. The van der Waals surface area contributed by atoms with Crippen molar-refractivity contribution < 1.29 is 0 Å². The van der Waals surface area contributed by atoms with Gasteiger partial charge in [-0.25, -0.2) is 0 Å². The standard InChI is InChI=1S/C6H4Cl3N.C5H5N/c7-6(8,9)5-3-1-2-4-10-5;1-2-4-6-5-3-1/h1-4H;1-5H. The molecule has 0 aliphatic carbocycles. The molecule has 0 aliphatic rings. The summed E-state index contributed by atoms with van der Waals surface area (Å²) in [6, 6.07) is 10.9. The van der Waals surface area contributed by atoms with Crippen LogP contribution in [0.4, 0.5) is 0 Å². The van der Waals surface area contributed by atoms with Crippen molar-refractivity contribution in [3.05, 3.63) is 60.7 Å². The molecule has 0 aliphatic heterocycles. The first kappa shape index (κ1) is 13.2. The summed E-state index contributed by atoms with van der Waals surface area (Å²) < 4.78 is -1.40. The van der Waals surface area contributed by atoms with Crippen LogP contribution >= 0.6 is 34.8 Å². The molecule has 2 aromatic rings.